The maximum absolute atomic E-state index is 12.5. The van der Waals surface area contributed by atoms with Crippen LogP contribution in [0.2, 0.25) is 0 Å². The fourth-order valence-corrected chi connectivity index (χ4v) is 2.63. The van der Waals surface area contributed by atoms with Gasteiger partial charge in [0.05, 0.1) is 19.4 Å². The van der Waals surface area contributed by atoms with Gasteiger partial charge in [0.2, 0.25) is 6.79 Å². The number of fused-ring (bicyclic) bond motifs is 1. The second-order valence-electron chi connectivity index (χ2n) is 6.10. The third-order valence-corrected chi connectivity index (χ3v) is 4.15. The van der Waals surface area contributed by atoms with E-state index in [1.165, 1.54) is 6.92 Å². The molecule has 1 heterocycles. The minimum absolute atomic E-state index is 0.0874. The topological polar surface area (TPSA) is 83.1 Å². The van der Waals surface area contributed by atoms with Gasteiger partial charge in [-0.25, -0.2) is 0 Å². The molecule has 3 rings (SSSR count). The number of ketones is 1. The van der Waals surface area contributed by atoms with E-state index in [-0.39, 0.29) is 25.1 Å². The number of Topliss-reactive ketones (excluding diaryl/α,β-unsaturated/α-hetero) is 1. The average molecular weight is 371 g/mol. The molecular weight excluding hydrogens is 350 g/mol. The third kappa shape index (κ3) is 4.38. The lowest BCUT2D eigenvalue weighted by atomic mass is 10.1. The summed E-state index contributed by atoms with van der Waals surface area (Å²) >= 11 is 0. The van der Waals surface area contributed by atoms with E-state index in [0.717, 1.165) is 11.3 Å². The molecule has 0 fully saturated rings. The number of methoxy groups -OCH3 is 1. The lowest BCUT2D eigenvalue weighted by molar-refractivity contribution is -0.127. The van der Waals surface area contributed by atoms with Crippen molar-refractivity contribution in [2.45, 2.75) is 26.6 Å². The molecule has 7 nitrogen and oxygen atoms in total. The van der Waals surface area contributed by atoms with Crippen molar-refractivity contribution >= 4 is 17.4 Å². The van der Waals surface area contributed by atoms with Gasteiger partial charge in [0, 0.05) is 11.6 Å². The molecule has 1 atom stereocenters. The van der Waals surface area contributed by atoms with E-state index < -0.39 is 6.10 Å². The number of nitrogens with one attached hydrogen (secondary N) is 1. The molecule has 1 unspecified atom stereocenters. The highest BCUT2D eigenvalue weighted by atomic mass is 16.7. The average Bonchev–Trinajstić information content (AvgIpc) is 3.12. The highest BCUT2D eigenvalue weighted by molar-refractivity contribution is 6.05. The summed E-state index contributed by atoms with van der Waals surface area (Å²) in [5.74, 6) is 1.15. The van der Waals surface area contributed by atoms with Crippen LogP contribution in [-0.4, -0.2) is 31.7 Å². The van der Waals surface area contributed by atoms with Crippen LogP contribution >= 0.6 is 0 Å². The van der Waals surface area contributed by atoms with Crippen molar-refractivity contribution in [3.63, 3.8) is 0 Å². The number of hydrogen-bond donors (Lipinski definition) is 1. The first-order valence-electron chi connectivity index (χ1n) is 8.48. The minimum atomic E-state index is -0.721. The molecule has 1 amide bonds. The fraction of sp³-hybridized carbons (Fsp3) is 0.300. The first-order chi connectivity index (χ1) is 13.0. The zero-order valence-corrected chi connectivity index (χ0v) is 15.4. The van der Waals surface area contributed by atoms with Crippen LogP contribution in [0.4, 0.5) is 5.69 Å². The molecule has 2 aromatic rings. The molecule has 7 heteroatoms. The van der Waals surface area contributed by atoms with E-state index in [0.29, 0.717) is 22.7 Å². The fourth-order valence-electron chi connectivity index (χ4n) is 2.63. The molecule has 0 aromatic heterocycles. The quantitative estimate of drug-likeness (QED) is 0.753. The number of hydrogen-bond acceptors (Lipinski definition) is 6. The largest absolute Gasteiger partial charge is 0.497 e. The summed E-state index contributed by atoms with van der Waals surface area (Å²) in [6, 6.07) is 10.6. The van der Waals surface area contributed by atoms with Crippen LogP contribution in [0.25, 0.3) is 0 Å². The summed E-state index contributed by atoms with van der Waals surface area (Å²) in [7, 11) is 1.59. The summed E-state index contributed by atoms with van der Waals surface area (Å²) in [6.07, 6.45) is -0.721. The Bertz CT molecular complexity index is 864. The SMILES string of the molecule is COc1cccc(COC(C)C(=O)Nc2cc3c(cc2C(C)=O)OCO3)c1. The van der Waals surface area contributed by atoms with Gasteiger partial charge in [0.1, 0.15) is 11.9 Å². The van der Waals surface area contributed by atoms with E-state index in [1.807, 2.05) is 24.3 Å². The number of rotatable bonds is 7. The van der Waals surface area contributed by atoms with Crippen molar-refractivity contribution < 1.29 is 28.5 Å². The van der Waals surface area contributed by atoms with Crippen LogP contribution in [0.5, 0.6) is 17.2 Å². The Morgan fingerprint density at radius 3 is 2.63 bits per heavy atom. The van der Waals surface area contributed by atoms with Crippen LogP contribution in [0.1, 0.15) is 29.8 Å². The van der Waals surface area contributed by atoms with Gasteiger partial charge in [0.25, 0.3) is 5.91 Å². The molecule has 0 spiro atoms. The maximum atomic E-state index is 12.5. The van der Waals surface area contributed by atoms with Gasteiger partial charge in [-0.05, 0) is 37.6 Å². The van der Waals surface area contributed by atoms with E-state index in [9.17, 15) is 9.59 Å². The van der Waals surface area contributed by atoms with Crippen LogP contribution in [-0.2, 0) is 16.1 Å². The molecule has 0 saturated carbocycles. The van der Waals surface area contributed by atoms with Crippen molar-refractivity contribution in [1.82, 2.24) is 0 Å². The van der Waals surface area contributed by atoms with Gasteiger partial charge in [-0.2, -0.15) is 0 Å². The summed E-state index contributed by atoms with van der Waals surface area (Å²) in [5, 5.41) is 2.74. The smallest absolute Gasteiger partial charge is 0.253 e. The highest BCUT2D eigenvalue weighted by Gasteiger charge is 2.22. The Kier molecular flexibility index (Phi) is 5.61. The van der Waals surface area contributed by atoms with Crippen molar-refractivity contribution in [2.75, 3.05) is 19.2 Å². The predicted molar refractivity (Wildman–Crippen MR) is 98.4 cm³/mol. The molecule has 1 aliphatic rings. The van der Waals surface area contributed by atoms with E-state index in [1.54, 1.807) is 26.2 Å². The normalized spacial score (nSPS) is 13.1. The Morgan fingerprint density at radius 1 is 1.19 bits per heavy atom. The van der Waals surface area contributed by atoms with E-state index in [4.69, 9.17) is 18.9 Å². The molecule has 142 valence electrons. The van der Waals surface area contributed by atoms with Gasteiger partial charge in [-0.3, -0.25) is 9.59 Å². The van der Waals surface area contributed by atoms with Gasteiger partial charge in [-0.1, -0.05) is 12.1 Å². The molecule has 0 radical (unpaired) electrons. The van der Waals surface area contributed by atoms with Crippen molar-refractivity contribution in [3.8, 4) is 17.2 Å². The predicted octanol–water partition coefficient (Wildman–Crippen LogP) is 3.17. The number of amides is 1. The molecular formula is C20H21NO6. The zero-order valence-electron chi connectivity index (χ0n) is 15.4. The second kappa shape index (κ2) is 8.09. The monoisotopic (exact) mass is 371 g/mol. The van der Waals surface area contributed by atoms with Gasteiger partial charge < -0.3 is 24.3 Å². The van der Waals surface area contributed by atoms with Crippen LogP contribution in [0, 0.1) is 0 Å². The molecule has 0 saturated heterocycles. The standard InChI is InChI=1S/C20H21NO6/c1-12(22)16-8-18-19(27-11-26-18)9-17(16)21-20(23)13(2)25-10-14-5-4-6-15(7-14)24-3/h4-9,13H,10-11H2,1-3H3,(H,21,23). The van der Waals surface area contributed by atoms with Crippen molar-refractivity contribution in [2.24, 2.45) is 0 Å². The molecule has 2 aromatic carbocycles. The highest BCUT2D eigenvalue weighted by Crippen LogP contribution is 2.37. The van der Waals surface area contributed by atoms with Gasteiger partial charge >= 0.3 is 0 Å². The molecule has 1 N–H and O–H groups in total. The third-order valence-electron chi connectivity index (χ3n) is 4.15. The van der Waals surface area contributed by atoms with Crippen LogP contribution in [0.15, 0.2) is 36.4 Å². The first kappa shape index (κ1) is 18.7. The van der Waals surface area contributed by atoms with E-state index in [2.05, 4.69) is 5.32 Å². The van der Waals surface area contributed by atoms with Gasteiger partial charge in [0.15, 0.2) is 17.3 Å². The number of benzene rings is 2. The van der Waals surface area contributed by atoms with E-state index >= 15 is 0 Å². The number of ether oxygens (including phenoxy) is 4. The summed E-state index contributed by atoms with van der Waals surface area (Å²) < 4.78 is 21.4. The molecule has 0 bridgehead atoms. The summed E-state index contributed by atoms with van der Waals surface area (Å²) in [4.78, 5) is 24.4. The van der Waals surface area contributed by atoms with Crippen molar-refractivity contribution in [1.29, 1.82) is 0 Å². The molecule has 1 aliphatic heterocycles. The Hall–Kier alpha value is -3.06. The second-order valence-corrected chi connectivity index (χ2v) is 6.10. The Labute approximate surface area is 157 Å². The molecule has 0 aliphatic carbocycles. The number of carbonyl (C=O) groups is 2. The maximum Gasteiger partial charge on any atom is 0.253 e. The minimum Gasteiger partial charge on any atom is -0.497 e. The van der Waals surface area contributed by atoms with Crippen molar-refractivity contribution in [3.05, 3.63) is 47.5 Å². The Morgan fingerprint density at radius 2 is 1.93 bits per heavy atom. The Balaban J connectivity index is 1.66. The summed E-state index contributed by atoms with van der Waals surface area (Å²) in [5.41, 5.74) is 1.61. The zero-order chi connectivity index (χ0) is 19.4. The lowest BCUT2D eigenvalue weighted by Gasteiger charge is -2.16. The number of anilines is 1. The van der Waals surface area contributed by atoms with Crippen LogP contribution in [0.3, 0.4) is 0 Å². The van der Waals surface area contributed by atoms with Crippen LogP contribution < -0.4 is 19.5 Å². The first-order valence-corrected chi connectivity index (χ1v) is 8.48. The molecule has 27 heavy (non-hydrogen) atoms. The summed E-state index contributed by atoms with van der Waals surface area (Å²) in [6.45, 7) is 3.42. The van der Waals surface area contributed by atoms with Gasteiger partial charge in [-0.15, -0.1) is 0 Å². The number of carbonyl (C=O) groups excluding carboxylic acids is 2. The lowest BCUT2D eigenvalue weighted by Crippen LogP contribution is -2.28.